The number of carbonyl (C=O) groups excluding carboxylic acids is 1. The third-order valence-corrected chi connectivity index (χ3v) is 2.19. The monoisotopic (exact) mass is 300 g/mol. The van der Waals surface area contributed by atoms with E-state index in [0.717, 1.165) is 3.57 Å². The van der Waals surface area contributed by atoms with Crippen molar-refractivity contribution >= 4 is 28.6 Å². The highest BCUT2D eigenvalue weighted by molar-refractivity contribution is 14.1. The summed E-state index contributed by atoms with van der Waals surface area (Å²) >= 11 is 2.18. The van der Waals surface area contributed by atoms with Gasteiger partial charge in [0.05, 0.1) is 11.8 Å². The lowest BCUT2D eigenvalue weighted by atomic mass is 10.2. The first-order valence-electron chi connectivity index (χ1n) is 3.98. The zero-order chi connectivity index (χ0) is 10.4. The van der Waals surface area contributed by atoms with E-state index in [1.165, 1.54) is 6.26 Å². The van der Waals surface area contributed by atoms with Crippen molar-refractivity contribution < 1.29 is 9.53 Å². The molecule has 3 heteroatoms. The van der Waals surface area contributed by atoms with Crippen molar-refractivity contribution in [2.45, 2.75) is 0 Å². The number of ether oxygens (including phenoxy) is 1. The third-order valence-electron chi connectivity index (χ3n) is 1.47. The molecule has 14 heavy (non-hydrogen) atoms. The number of hydrogen-bond donors (Lipinski definition) is 0. The van der Waals surface area contributed by atoms with Crippen LogP contribution in [0.2, 0.25) is 0 Å². The van der Waals surface area contributed by atoms with Gasteiger partial charge >= 0.3 is 5.97 Å². The van der Waals surface area contributed by atoms with Gasteiger partial charge in [0, 0.05) is 3.57 Å². The molecule has 0 aliphatic heterocycles. The van der Waals surface area contributed by atoms with Crippen molar-refractivity contribution in [2.24, 2.45) is 0 Å². The summed E-state index contributed by atoms with van der Waals surface area (Å²) in [5.41, 5.74) is 0.541. The van der Waals surface area contributed by atoms with Gasteiger partial charge in [0.25, 0.3) is 0 Å². The molecule has 0 heterocycles. The molecule has 0 unspecified atom stereocenters. The molecule has 1 rings (SSSR count). The van der Waals surface area contributed by atoms with Crippen LogP contribution in [0.1, 0.15) is 10.4 Å². The van der Waals surface area contributed by atoms with Gasteiger partial charge < -0.3 is 4.74 Å². The lowest BCUT2D eigenvalue weighted by molar-refractivity contribution is 0.0663. The van der Waals surface area contributed by atoms with Crippen LogP contribution in [0.25, 0.3) is 0 Å². The first-order chi connectivity index (χ1) is 6.74. The minimum Gasteiger partial charge on any atom is -0.431 e. The highest BCUT2D eigenvalue weighted by atomic mass is 127. The van der Waals surface area contributed by atoms with Gasteiger partial charge in [-0.2, -0.15) is 0 Å². The molecule has 0 spiro atoms. The molecule has 0 N–H and O–H groups in total. The number of carbonyl (C=O) groups is 1. The maximum Gasteiger partial charge on any atom is 0.342 e. The van der Waals surface area contributed by atoms with Crippen LogP contribution >= 0.6 is 22.6 Å². The fourth-order valence-corrected chi connectivity index (χ4v) is 1.17. The maximum absolute atomic E-state index is 11.3. The summed E-state index contributed by atoms with van der Waals surface area (Å²) in [6.07, 6.45) is 4.42. The molecule has 0 aliphatic rings. The molecule has 0 fully saturated rings. The SMILES string of the molecule is C=C/C=C/OC(=O)c1ccc(I)cc1. The Balaban J connectivity index is 2.65. The number of rotatable bonds is 3. The van der Waals surface area contributed by atoms with E-state index in [-0.39, 0.29) is 5.97 Å². The lowest BCUT2D eigenvalue weighted by Crippen LogP contribution is -1.99. The first-order valence-corrected chi connectivity index (χ1v) is 5.06. The molecule has 0 atom stereocenters. The Bertz CT molecular complexity index is 352. The van der Waals surface area contributed by atoms with Gasteiger partial charge in [-0.25, -0.2) is 4.79 Å². The van der Waals surface area contributed by atoms with Crippen LogP contribution in [0, 0.1) is 3.57 Å². The summed E-state index contributed by atoms with van der Waals surface area (Å²) in [6.45, 7) is 3.46. The topological polar surface area (TPSA) is 26.3 Å². The molecule has 72 valence electrons. The van der Waals surface area contributed by atoms with Crippen LogP contribution < -0.4 is 0 Å². The van der Waals surface area contributed by atoms with Gasteiger partial charge in [-0.1, -0.05) is 12.7 Å². The molecular weight excluding hydrogens is 291 g/mol. The first kappa shape index (κ1) is 11.0. The van der Waals surface area contributed by atoms with Crippen molar-refractivity contribution in [3.05, 3.63) is 58.4 Å². The van der Waals surface area contributed by atoms with E-state index in [1.54, 1.807) is 24.3 Å². The minimum absolute atomic E-state index is 0.362. The fourth-order valence-electron chi connectivity index (χ4n) is 0.811. The Morgan fingerprint density at radius 1 is 1.36 bits per heavy atom. The number of halogens is 1. The maximum atomic E-state index is 11.3. The molecule has 0 saturated heterocycles. The Hall–Kier alpha value is -1.10. The van der Waals surface area contributed by atoms with E-state index in [0.29, 0.717) is 5.56 Å². The van der Waals surface area contributed by atoms with Crippen LogP contribution in [0.5, 0.6) is 0 Å². The molecule has 2 nitrogen and oxygen atoms in total. The van der Waals surface area contributed by atoms with Crippen LogP contribution in [-0.2, 0) is 4.74 Å². The van der Waals surface area contributed by atoms with Crippen molar-refractivity contribution in [2.75, 3.05) is 0 Å². The predicted octanol–water partition coefficient (Wildman–Crippen LogP) is 3.15. The molecule has 0 bridgehead atoms. The number of esters is 1. The molecule has 1 aromatic rings. The van der Waals surface area contributed by atoms with Gasteiger partial charge in [0.1, 0.15) is 0 Å². The second-order valence-electron chi connectivity index (χ2n) is 2.48. The fraction of sp³-hybridized carbons (Fsp3) is 0. The molecule has 1 aromatic carbocycles. The smallest absolute Gasteiger partial charge is 0.342 e. The second-order valence-corrected chi connectivity index (χ2v) is 3.72. The van der Waals surface area contributed by atoms with Crippen LogP contribution in [0.15, 0.2) is 49.3 Å². The van der Waals surface area contributed by atoms with Crippen LogP contribution in [0.3, 0.4) is 0 Å². The van der Waals surface area contributed by atoms with E-state index < -0.39 is 0 Å². The van der Waals surface area contributed by atoms with Gasteiger partial charge in [0.15, 0.2) is 0 Å². The van der Waals surface area contributed by atoms with E-state index in [2.05, 4.69) is 29.2 Å². The molecule has 0 aromatic heterocycles. The summed E-state index contributed by atoms with van der Waals surface area (Å²) in [5.74, 6) is -0.362. The average Bonchev–Trinajstić information content (AvgIpc) is 2.19. The quantitative estimate of drug-likeness (QED) is 0.371. The third kappa shape index (κ3) is 3.33. The number of allylic oxidation sites excluding steroid dienone is 2. The molecule has 0 radical (unpaired) electrons. The molecule has 0 saturated carbocycles. The second kappa shape index (κ2) is 5.59. The summed E-state index contributed by atoms with van der Waals surface area (Å²) in [5, 5.41) is 0. The van der Waals surface area contributed by atoms with E-state index >= 15 is 0 Å². The summed E-state index contributed by atoms with van der Waals surface area (Å²) < 4.78 is 5.90. The van der Waals surface area contributed by atoms with Gasteiger partial charge in [0.2, 0.25) is 0 Å². The van der Waals surface area contributed by atoms with Gasteiger partial charge in [-0.15, -0.1) is 0 Å². The van der Waals surface area contributed by atoms with Crippen LogP contribution in [-0.4, -0.2) is 5.97 Å². The average molecular weight is 300 g/mol. The highest BCUT2D eigenvalue weighted by Gasteiger charge is 2.03. The van der Waals surface area contributed by atoms with Crippen molar-refractivity contribution in [1.82, 2.24) is 0 Å². The molecule has 0 aliphatic carbocycles. The Labute approximate surface area is 96.4 Å². The lowest BCUT2D eigenvalue weighted by Gasteiger charge is -1.98. The van der Waals surface area contributed by atoms with Crippen LogP contribution in [0.4, 0.5) is 0 Å². The largest absolute Gasteiger partial charge is 0.431 e. The molecule has 0 amide bonds. The molecular formula is C11H9IO2. The number of benzene rings is 1. The number of hydrogen-bond acceptors (Lipinski definition) is 2. The summed E-state index contributed by atoms with van der Waals surface area (Å²) in [7, 11) is 0. The van der Waals surface area contributed by atoms with Crippen molar-refractivity contribution in [3.8, 4) is 0 Å². The summed E-state index contributed by atoms with van der Waals surface area (Å²) in [4.78, 5) is 11.3. The minimum atomic E-state index is -0.362. The van der Waals surface area contributed by atoms with E-state index in [4.69, 9.17) is 4.74 Å². The standard InChI is InChI=1S/C11H9IO2/c1-2-3-8-14-11(13)9-4-6-10(12)7-5-9/h2-8H,1H2/b8-3+. The zero-order valence-electron chi connectivity index (χ0n) is 7.44. The highest BCUT2D eigenvalue weighted by Crippen LogP contribution is 2.07. The summed E-state index contributed by atoms with van der Waals surface area (Å²) in [6, 6.07) is 7.17. The van der Waals surface area contributed by atoms with Gasteiger partial charge in [-0.05, 0) is 52.9 Å². The van der Waals surface area contributed by atoms with Gasteiger partial charge in [-0.3, -0.25) is 0 Å². The van der Waals surface area contributed by atoms with Crippen molar-refractivity contribution in [1.29, 1.82) is 0 Å². The Morgan fingerprint density at radius 2 is 2.00 bits per heavy atom. The normalized spacial score (nSPS) is 10.1. The van der Waals surface area contributed by atoms with E-state index in [1.807, 2.05) is 12.1 Å². The predicted molar refractivity (Wildman–Crippen MR) is 63.9 cm³/mol. The Kier molecular flexibility index (Phi) is 4.39. The van der Waals surface area contributed by atoms with Crippen molar-refractivity contribution in [3.63, 3.8) is 0 Å². The van der Waals surface area contributed by atoms with E-state index in [9.17, 15) is 4.79 Å². The Morgan fingerprint density at radius 3 is 2.57 bits per heavy atom. The zero-order valence-corrected chi connectivity index (χ0v) is 9.60.